The van der Waals surface area contributed by atoms with Gasteiger partial charge in [0.25, 0.3) is 0 Å². The monoisotopic (exact) mass is 548 g/mol. The van der Waals surface area contributed by atoms with Crippen molar-refractivity contribution in [3.8, 4) is 11.4 Å². The molecule has 0 bridgehead atoms. The van der Waals surface area contributed by atoms with Crippen molar-refractivity contribution in [1.82, 2.24) is 19.9 Å². The van der Waals surface area contributed by atoms with E-state index in [4.69, 9.17) is 17.0 Å². The van der Waals surface area contributed by atoms with Crippen LogP contribution in [-0.2, 0) is 10.0 Å². The molecule has 2 N–H and O–H groups in total. The molecule has 0 saturated carbocycles. The first-order valence-electron chi connectivity index (χ1n) is 11.9. The maximum atomic E-state index is 12.1. The number of hydrogen-bond acceptors (Lipinski definition) is 6. The lowest BCUT2D eigenvalue weighted by molar-refractivity contribution is 0.417. The first kappa shape index (κ1) is 25.7. The largest absolute Gasteiger partial charge is 0.495 e. The SMILES string of the molecule is COc1ccc(N2C(=S)N[C@@H](c3ccccn3)[C@@H]2c2cc(C)n(-c3cccnc3)c2C)cc1NS(C)(=O)=O. The van der Waals surface area contributed by atoms with Crippen LogP contribution in [0.2, 0.25) is 0 Å². The summed E-state index contributed by atoms with van der Waals surface area (Å²) in [6.07, 6.45) is 6.46. The van der Waals surface area contributed by atoms with E-state index in [9.17, 15) is 8.42 Å². The number of anilines is 2. The fraction of sp³-hybridized carbons (Fsp3) is 0.222. The third-order valence-electron chi connectivity index (χ3n) is 6.55. The fourth-order valence-electron chi connectivity index (χ4n) is 5.04. The fourth-order valence-corrected chi connectivity index (χ4v) is 5.95. The number of benzene rings is 1. The van der Waals surface area contributed by atoms with E-state index in [0.29, 0.717) is 22.2 Å². The molecule has 0 amide bonds. The molecule has 38 heavy (non-hydrogen) atoms. The van der Waals surface area contributed by atoms with Crippen LogP contribution in [0.3, 0.4) is 0 Å². The number of aromatic nitrogens is 3. The number of nitrogens with one attached hydrogen (secondary N) is 2. The van der Waals surface area contributed by atoms with Crippen molar-refractivity contribution in [1.29, 1.82) is 0 Å². The third-order valence-corrected chi connectivity index (χ3v) is 7.45. The summed E-state index contributed by atoms with van der Waals surface area (Å²) in [5, 5.41) is 3.97. The quantitative estimate of drug-likeness (QED) is 0.327. The average molecular weight is 549 g/mol. The van der Waals surface area contributed by atoms with Gasteiger partial charge in [0.1, 0.15) is 5.75 Å². The Labute approximate surface area is 227 Å². The van der Waals surface area contributed by atoms with Gasteiger partial charge in [0.05, 0.1) is 48.7 Å². The molecule has 4 heterocycles. The highest BCUT2D eigenvalue weighted by Gasteiger charge is 2.42. The van der Waals surface area contributed by atoms with Crippen molar-refractivity contribution >= 4 is 38.7 Å². The minimum atomic E-state index is -3.54. The lowest BCUT2D eigenvalue weighted by Crippen LogP contribution is -2.29. The lowest BCUT2D eigenvalue weighted by atomic mass is 9.96. The highest BCUT2D eigenvalue weighted by molar-refractivity contribution is 7.92. The van der Waals surface area contributed by atoms with Crippen LogP contribution in [0.5, 0.6) is 5.75 Å². The van der Waals surface area contributed by atoms with E-state index in [1.807, 2.05) is 47.5 Å². The van der Waals surface area contributed by atoms with Crippen LogP contribution >= 0.6 is 12.2 Å². The van der Waals surface area contributed by atoms with Gasteiger partial charge in [-0.2, -0.15) is 0 Å². The van der Waals surface area contributed by atoms with Gasteiger partial charge in [-0.1, -0.05) is 6.07 Å². The second-order valence-corrected chi connectivity index (χ2v) is 11.3. The van der Waals surface area contributed by atoms with Gasteiger partial charge in [-0.05, 0) is 80.2 Å². The molecule has 0 radical (unpaired) electrons. The first-order valence-corrected chi connectivity index (χ1v) is 14.2. The number of ether oxygens (including phenoxy) is 1. The van der Waals surface area contributed by atoms with Crippen LogP contribution in [0.1, 0.15) is 34.7 Å². The Kier molecular flexibility index (Phi) is 6.80. The molecule has 9 nitrogen and oxygen atoms in total. The summed E-state index contributed by atoms with van der Waals surface area (Å²) >= 11 is 5.87. The summed E-state index contributed by atoms with van der Waals surface area (Å²) in [7, 11) is -2.04. The third kappa shape index (κ3) is 4.82. The van der Waals surface area contributed by atoms with E-state index >= 15 is 0 Å². The molecule has 1 aliphatic heterocycles. The summed E-state index contributed by atoms with van der Waals surface area (Å²) in [6, 6.07) is 16.7. The van der Waals surface area contributed by atoms with Crippen LogP contribution < -0.4 is 19.7 Å². The molecule has 0 spiro atoms. The van der Waals surface area contributed by atoms with E-state index in [0.717, 1.165) is 34.6 Å². The van der Waals surface area contributed by atoms with Crippen molar-refractivity contribution in [2.24, 2.45) is 0 Å². The maximum Gasteiger partial charge on any atom is 0.229 e. The Balaban J connectivity index is 1.68. The van der Waals surface area contributed by atoms with Gasteiger partial charge in [0.15, 0.2) is 5.11 Å². The minimum absolute atomic E-state index is 0.250. The summed E-state index contributed by atoms with van der Waals surface area (Å²) < 4.78 is 34.3. The molecular weight excluding hydrogens is 520 g/mol. The summed E-state index contributed by atoms with van der Waals surface area (Å²) in [5.74, 6) is 0.407. The van der Waals surface area contributed by atoms with E-state index in [2.05, 4.69) is 44.5 Å². The lowest BCUT2D eigenvalue weighted by Gasteiger charge is -2.29. The number of rotatable bonds is 7. The van der Waals surface area contributed by atoms with Crippen LogP contribution in [-0.4, -0.2) is 41.4 Å². The smallest absolute Gasteiger partial charge is 0.229 e. The van der Waals surface area contributed by atoms with Gasteiger partial charge in [-0.15, -0.1) is 0 Å². The van der Waals surface area contributed by atoms with E-state index < -0.39 is 10.0 Å². The van der Waals surface area contributed by atoms with Gasteiger partial charge in [0, 0.05) is 29.5 Å². The van der Waals surface area contributed by atoms with Crippen molar-refractivity contribution in [2.75, 3.05) is 23.0 Å². The zero-order chi connectivity index (χ0) is 27.0. The number of thiocarbonyl (C=S) groups is 1. The number of methoxy groups -OCH3 is 1. The van der Waals surface area contributed by atoms with Crippen LogP contribution in [0.25, 0.3) is 5.69 Å². The predicted molar refractivity (Wildman–Crippen MR) is 152 cm³/mol. The Morgan fingerprint density at radius 1 is 1.05 bits per heavy atom. The van der Waals surface area contributed by atoms with Gasteiger partial charge >= 0.3 is 0 Å². The maximum absolute atomic E-state index is 12.1. The normalized spacial score (nSPS) is 17.4. The van der Waals surface area contributed by atoms with E-state index in [1.165, 1.54) is 7.11 Å². The molecule has 1 aliphatic rings. The molecule has 4 aromatic rings. The molecule has 2 atom stereocenters. The second kappa shape index (κ2) is 10.1. The number of nitrogens with zero attached hydrogens (tertiary/aromatic N) is 4. The Morgan fingerprint density at radius 3 is 2.53 bits per heavy atom. The number of pyridine rings is 2. The Hall–Kier alpha value is -3.96. The minimum Gasteiger partial charge on any atom is -0.495 e. The van der Waals surface area contributed by atoms with Crippen LogP contribution in [0, 0.1) is 13.8 Å². The zero-order valence-electron chi connectivity index (χ0n) is 21.4. The molecule has 196 valence electrons. The standard InChI is InChI=1S/C27H28N6O3S2/c1-17-14-21(18(2)32(17)20-8-7-12-28-16-20)26-25(22-9-5-6-13-29-22)30-27(37)33(26)19-10-11-24(36-3)23(15-19)31-38(4,34)35/h5-16,25-26,31H,1-4H3,(H,30,37)/t25-,26-/m0/s1. The molecule has 3 aromatic heterocycles. The first-order chi connectivity index (χ1) is 18.2. The predicted octanol–water partition coefficient (Wildman–Crippen LogP) is 4.44. The number of sulfonamides is 1. The molecule has 0 unspecified atom stereocenters. The van der Waals surface area contributed by atoms with E-state index in [1.54, 1.807) is 24.5 Å². The topological polar surface area (TPSA) is 101 Å². The molecule has 1 saturated heterocycles. The summed E-state index contributed by atoms with van der Waals surface area (Å²) in [5.41, 5.74) is 6.00. The molecule has 5 rings (SSSR count). The van der Waals surface area contributed by atoms with Gasteiger partial charge in [0.2, 0.25) is 10.0 Å². The number of hydrogen-bond donors (Lipinski definition) is 2. The van der Waals surface area contributed by atoms with Gasteiger partial charge < -0.3 is 19.5 Å². The van der Waals surface area contributed by atoms with Crippen molar-refractivity contribution in [2.45, 2.75) is 25.9 Å². The molecule has 1 fully saturated rings. The molecule has 11 heteroatoms. The van der Waals surface area contributed by atoms with Crippen molar-refractivity contribution in [3.63, 3.8) is 0 Å². The van der Waals surface area contributed by atoms with Crippen LogP contribution in [0.15, 0.2) is 73.2 Å². The Morgan fingerprint density at radius 2 is 1.87 bits per heavy atom. The molecule has 1 aromatic carbocycles. The zero-order valence-corrected chi connectivity index (χ0v) is 23.0. The average Bonchev–Trinajstić information content (AvgIpc) is 3.39. The summed E-state index contributed by atoms with van der Waals surface area (Å²) in [4.78, 5) is 10.9. The van der Waals surface area contributed by atoms with Gasteiger partial charge in [-0.25, -0.2) is 8.42 Å². The summed E-state index contributed by atoms with van der Waals surface area (Å²) in [6.45, 7) is 4.14. The Bertz CT molecular complexity index is 1590. The van der Waals surface area contributed by atoms with Crippen LogP contribution in [0.4, 0.5) is 11.4 Å². The van der Waals surface area contributed by atoms with Crippen molar-refractivity contribution in [3.05, 3.63) is 95.8 Å². The molecule has 0 aliphatic carbocycles. The number of aryl methyl sites for hydroxylation is 1. The second-order valence-electron chi connectivity index (χ2n) is 9.13. The molecular formula is C27H28N6O3S2. The van der Waals surface area contributed by atoms with Crippen molar-refractivity contribution < 1.29 is 13.2 Å². The van der Waals surface area contributed by atoms with Gasteiger partial charge in [-0.3, -0.25) is 14.7 Å². The van der Waals surface area contributed by atoms with E-state index in [-0.39, 0.29) is 12.1 Å². The highest BCUT2D eigenvalue weighted by Crippen LogP contribution is 2.45. The highest BCUT2D eigenvalue weighted by atomic mass is 32.2.